The zero-order valence-corrected chi connectivity index (χ0v) is 26.1. The van der Waals surface area contributed by atoms with Crippen molar-refractivity contribution < 1.29 is 32.7 Å². The highest BCUT2D eigenvalue weighted by Gasteiger charge is 2.35. The summed E-state index contributed by atoms with van der Waals surface area (Å²) in [5.74, 6) is -2.85. The van der Waals surface area contributed by atoms with Crippen LogP contribution in [0.3, 0.4) is 0 Å². The molecule has 236 valence electrons. The number of amides is 3. The summed E-state index contributed by atoms with van der Waals surface area (Å²) in [6.07, 6.45) is -0.770. The molecule has 0 fully saturated rings. The second kappa shape index (κ2) is 14.7. The first-order chi connectivity index (χ1) is 20.7. The average Bonchev–Trinajstić information content (AvgIpc) is 3.49. The lowest BCUT2D eigenvalue weighted by atomic mass is 9.84. The van der Waals surface area contributed by atoms with E-state index in [1.165, 1.54) is 24.1 Å². The van der Waals surface area contributed by atoms with E-state index < -0.39 is 41.2 Å². The van der Waals surface area contributed by atoms with E-state index in [9.17, 15) is 23.6 Å². The molecule has 0 aliphatic rings. The van der Waals surface area contributed by atoms with Crippen molar-refractivity contribution in [2.75, 3.05) is 13.7 Å². The first-order valence-electron chi connectivity index (χ1n) is 14.3. The fraction of sp³-hybridized carbons (Fsp3) is 0.438. The van der Waals surface area contributed by atoms with Crippen LogP contribution in [-0.2, 0) is 26.3 Å². The van der Waals surface area contributed by atoms with Crippen molar-refractivity contribution in [3.8, 4) is 0 Å². The molecule has 11 nitrogen and oxygen atoms in total. The van der Waals surface area contributed by atoms with Crippen LogP contribution < -0.4 is 10.6 Å². The Morgan fingerprint density at radius 2 is 1.52 bits per heavy atom. The summed E-state index contributed by atoms with van der Waals surface area (Å²) in [4.78, 5) is 53.8. The Morgan fingerprint density at radius 3 is 2.09 bits per heavy atom. The normalized spacial score (nSPS) is 12.9. The van der Waals surface area contributed by atoms with E-state index in [2.05, 4.69) is 25.6 Å². The lowest BCUT2D eigenvalue weighted by molar-refractivity contribution is -0.139. The van der Waals surface area contributed by atoms with Crippen LogP contribution in [0.2, 0.25) is 0 Å². The highest BCUT2D eigenvalue weighted by atomic mass is 19.1. The highest BCUT2D eigenvalue weighted by molar-refractivity contribution is 5.99. The van der Waals surface area contributed by atoms with Gasteiger partial charge in [0.2, 0.25) is 23.5 Å². The number of benzene rings is 2. The Bertz CT molecular complexity index is 1440. The molecule has 0 aliphatic carbocycles. The lowest BCUT2D eigenvalue weighted by Crippen LogP contribution is -2.54. The van der Waals surface area contributed by atoms with Gasteiger partial charge in [0.05, 0.1) is 25.1 Å². The van der Waals surface area contributed by atoms with E-state index in [-0.39, 0.29) is 42.5 Å². The third kappa shape index (κ3) is 8.48. The maximum absolute atomic E-state index is 13.6. The molecule has 1 heterocycles. The summed E-state index contributed by atoms with van der Waals surface area (Å²) in [6, 6.07) is 13.0. The largest absolute Gasteiger partial charge is 0.453 e. The maximum Gasteiger partial charge on any atom is 0.407 e. The minimum atomic E-state index is -1.03. The van der Waals surface area contributed by atoms with E-state index in [4.69, 9.17) is 4.42 Å². The number of ketones is 1. The standard InChI is InChI=1S/C32H40FN5O6/c1-19(2)25(27(40)28-36-37-30(44-28)32(5,6)22-13-15-23(33)16-14-22)34-24(39)18-38(17-21-11-9-8-10-12-21)29(41)26(20(3)4)35-31(42)43-7/h8-16,19-20,25-26H,17-18H2,1-7H3,(H,34,39)(H,35,42)/t25-,26+/m1/s1. The van der Waals surface area contributed by atoms with Gasteiger partial charge in [-0.2, -0.15) is 0 Å². The van der Waals surface area contributed by atoms with Gasteiger partial charge >= 0.3 is 6.09 Å². The van der Waals surface area contributed by atoms with Crippen molar-refractivity contribution in [1.29, 1.82) is 0 Å². The first kappa shape index (κ1) is 33.9. The second-order valence-corrected chi connectivity index (χ2v) is 11.7. The van der Waals surface area contributed by atoms with Gasteiger partial charge in [0, 0.05) is 6.54 Å². The second-order valence-electron chi connectivity index (χ2n) is 11.7. The van der Waals surface area contributed by atoms with Gasteiger partial charge < -0.3 is 24.7 Å². The Balaban J connectivity index is 1.81. The summed E-state index contributed by atoms with van der Waals surface area (Å²) in [6.45, 7) is 10.4. The summed E-state index contributed by atoms with van der Waals surface area (Å²) in [5.41, 5.74) is 0.659. The van der Waals surface area contributed by atoms with Crippen LogP contribution in [0.15, 0.2) is 59.0 Å². The van der Waals surface area contributed by atoms with Crippen LogP contribution in [0.4, 0.5) is 9.18 Å². The molecule has 0 bridgehead atoms. The molecule has 2 aromatic carbocycles. The Morgan fingerprint density at radius 1 is 0.909 bits per heavy atom. The molecule has 3 amide bonds. The number of hydrogen-bond donors (Lipinski definition) is 2. The Labute approximate surface area is 256 Å². The number of ether oxygens (including phenoxy) is 1. The van der Waals surface area contributed by atoms with E-state index in [1.807, 2.05) is 44.2 Å². The SMILES string of the molecule is COC(=O)N[C@H](C(=O)N(CC(=O)N[C@@H](C(=O)c1nnc(C(C)(C)c2ccc(F)cc2)o1)C(C)C)Cc1ccccc1)C(C)C. The van der Waals surface area contributed by atoms with E-state index in [0.717, 1.165) is 5.56 Å². The van der Waals surface area contributed by atoms with Gasteiger partial charge in [-0.25, -0.2) is 9.18 Å². The molecule has 0 saturated heterocycles. The molecule has 0 spiro atoms. The third-order valence-corrected chi connectivity index (χ3v) is 7.26. The van der Waals surface area contributed by atoms with Gasteiger partial charge in [0.1, 0.15) is 11.9 Å². The molecule has 3 rings (SSSR count). The van der Waals surface area contributed by atoms with Crippen LogP contribution in [0.5, 0.6) is 0 Å². The zero-order chi connectivity index (χ0) is 32.6. The van der Waals surface area contributed by atoms with Crippen LogP contribution in [0, 0.1) is 17.7 Å². The molecule has 0 radical (unpaired) electrons. The fourth-order valence-electron chi connectivity index (χ4n) is 4.54. The molecule has 0 aliphatic heterocycles. The molecule has 2 atom stereocenters. The van der Waals surface area contributed by atoms with Gasteiger partial charge in [0.15, 0.2) is 0 Å². The number of carbonyl (C=O) groups excluding carboxylic acids is 4. The molecule has 3 aromatic rings. The topological polar surface area (TPSA) is 144 Å². The van der Waals surface area contributed by atoms with Crippen LogP contribution in [-0.4, -0.2) is 64.5 Å². The smallest absolute Gasteiger partial charge is 0.407 e. The monoisotopic (exact) mass is 609 g/mol. The first-order valence-corrected chi connectivity index (χ1v) is 14.3. The number of Topliss-reactive ketones (excluding diaryl/α,β-unsaturated/α-hetero) is 1. The highest BCUT2D eigenvalue weighted by Crippen LogP contribution is 2.31. The summed E-state index contributed by atoms with van der Waals surface area (Å²) in [7, 11) is 1.20. The van der Waals surface area contributed by atoms with Crippen molar-refractivity contribution in [2.45, 2.75) is 65.6 Å². The van der Waals surface area contributed by atoms with Crippen molar-refractivity contribution >= 4 is 23.7 Å². The van der Waals surface area contributed by atoms with Crippen molar-refractivity contribution in [1.82, 2.24) is 25.7 Å². The van der Waals surface area contributed by atoms with Gasteiger partial charge in [-0.05, 0) is 48.9 Å². The Hall–Kier alpha value is -4.61. The predicted molar refractivity (Wildman–Crippen MR) is 160 cm³/mol. The molecule has 1 aromatic heterocycles. The van der Waals surface area contributed by atoms with E-state index in [1.54, 1.807) is 39.8 Å². The lowest BCUT2D eigenvalue weighted by Gasteiger charge is -2.30. The minimum absolute atomic E-state index is 0.0882. The number of methoxy groups -OCH3 is 1. The molecule has 44 heavy (non-hydrogen) atoms. The van der Waals surface area contributed by atoms with Crippen molar-refractivity contribution in [2.24, 2.45) is 11.8 Å². The number of alkyl carbamates (subject to hydrolysis) is 1. The van der Waals surface area contributed by atoms with Crippen LogP contribution in [0.25, 0.3) is 0 Å². The predicted octanol–water partition coefficient (Wildman–Crippen LogP) is 4.27. The summed E-state index contributed by atoms with van der Waals surface area (Å²) < 4.78 is 23.9. The number of carbonyl (C=O) groups is 4. The third-order valence-electron chi connectivity index (χ3n) is 7.26. The number of halogens is 1. The molecular weight excluding hydrogens is 569 g/mol. The number of aromatic nitrogens is 2. The maximum atomic E-state index is 13.6. The van der Waals surface area contributed by atoms with Crippen LogP contribution in [0.1, 0.15) is 69.2 Å². The molecule has 12 heteroatoms. The van der Waals surface area contributed by atoms with Crippen molar-refractivity contribution in [3.05, 3.63) is 83.3 Å². The quantitative estimate of drug-likeness (QED) is 0.274. The molecule has 2 N–H and O–H groups in total. The zero-order valence-electron chi connectivity index (χ0n) is 26.1. The minimum Gasteiger partial charge on any atom is -0.453 e. The number of nitrogens with one attached hydrogen (secondary N) is 2. The van der Waals surface area contributed by atoms with Gasteiger partial charge in [-0.3, -0.25) is 14.4 Å². The van der Waals surface area contributed by atoms with Crippen LogP contribution >= 0.6 is 0 Å². The number of rotatable bonds is 13. The Kier molecular flexibility index (Phi) is 11.3. The van der Waals surface area contributed by atoms with Crippen molar-refractivity contribution in [3.63, 3.8) is 0 Å². The molecule has 0 unspecified atom stereocenters. The van der Waals surface area contributed by atoms with Gasteiger partial charge in [0.25, 0.3) is 5.89 Å². The van der Waals surface area contributed by atoms with E-state index in [0.29, 0.717) is 5.56 Å². The average molecular weight is 610 g/mol. The summed E-state index contributed by atoms with van der Waals surface area (Å²) in [5, 5.41) is 13.3. The van der Waals surface area contributed by atoms with Gasteiger partial charge in [-0.1, -0.05) is 70.2 Å². The molecule has 0 saturated carbocycles. The number of hydrogen-bond acceptors (Lipinski definition) is 8. The van der Waals surface area contributed by atoms with Gasteiger partial charge in [-0.15, -0.1) is 10.2 Å². The number of nitrogens with zero attached hydrogens (tertiary/aromatic N) is 3. The summed E-state index contributed by atoms with van der Waals surface area (Å²) >= 11 is 0. The fourth-order valence-corrected chi connectivity index (χ4v) is 4.54. The van der Waals surface area contributed by atoms with E-state index >= 15 is 0 Å². The molecular formula is C32H40FN5O6.